The van der Waals surface area contributed by atoms with Gasteiger partial charge in [0.1, 0.15) is 0 Å². The summed E-state index contributed by atoms with van der Waals surface area (Å²) in [7, 11) is -3.19. The molecule has 1 aromatic heterocycles. The molecule has 0 saturated heterocycles. The smallest absolute Gasteiger partial charge is 0 e. The van der Waals surface area contributed by atoms with Gasteiger partial charge in [0.2, 0.25) is 0 Å². The average Bonchev–Trinajstić information content (AvgIpc) is 2.89. The van der Waals surface area contributed by atoms with Crippen molar-refractivity contribution in [3.8, 4) is 22.4 Å². The molecular formula is C28H21F3N2O2SWY-2. The minimum atomic E-state index is -4.44. The van der Waals surface area contributed by atoms with Crippen LogP contribution in [0.5, 0.6) is 0 Å². The van der Waals surface area contributed by atoms with Gasteiger partial charge in [-0.05, 0) is 11.6 Å². The first-order valence-electron chi connectivity index (χ1n) is 11.2. The number of benzene rings is 3. The van der Waals surface area contributed by atoms with E-state index in [1.54, 1.807) is 48.5 Å². The number of alkyl halides is 3. The van der Waals surface area contributed by atoms with E-state index in [-0.39, 0.29) is 32.7 Å². The molecule has 10 heteroatoms. The van der Waals surface area contributed by atoms with Crippen LogP contribution in [0, 0.1) is 6.07 Å². The minimum absolute atomic E-state index is 0. The van der Waals surface area contributed by atoms with Crippen LogP contribution < -0.4 is 0 Å². The molecule has 5 rings (SSSR count). The Morgan fingerprint density at radius 2 is 1.58 bits per heavy atom. The molecule has 38 heavy (non-hydrogen) atoms. The van der Waals surface area contributed by atoms with Crippen LogP contribution in [0.15, 0.2) is 89.8 Å². The fourth-order valence-corrected chi connectivity index (χ4v) is 5.99. The van der Waals surface area contributed by atoms with Gasteiger partial charge in [-0.2, -0.15) is 30.3 Å². The molecule has 4 aromatic rings. The number of fused-ring (bicyclic) bond motifs is 1. The first-order valence-corrected chi connectivity index (χ1v) is 14.6. The SMILES string of the molecule is CS(=O)(=O)c1ccccc1-c1cc[c-]cc1.FC(F)(F)c1cc2c(c(-c3ccccc3)n1)[C](=[W])[N-]CC2.[Y]. The summed E-state index contributed by atoms with van der Waals surface area (Å²) in [6.07, 6.45) is -2.69. The molecule has 1 aliphatic rings. The van der Waals surface area contributed by atoms with Gasteiger partial charge in [0.05, 0.1) is 4.90 Å². The van der Waals surface area contributed by atoms with Crippen molar-refractivity contribution in [1.82, 2.24) is 4.98 Å². The first-order chi connectivity index (χ1) is 17.6. The summed E-state index contributed by atoms with van der Waals surface area (Å²) in [6.45, 7) is 0.543. The van der Waals surface area contributed by atoms with E-state index in [1.165, 1.54) is 12.3 Å². The van der Waals surface area contributed by atoms with Gasteiger partial charge in [0, 0.05) is 39.0 Å². The van der Waals surface area contributed by atoms with Crippen LogP contribution in [0.25, 0.3) is 27.7 Å². The fourth-order valence-electron chi connectivity index (χ4n) is 3.94. The number of pyridine rings is 1. The van der Waals surface area contributed by atoms with Gasteiger partial charge in [0.25, 0.3) is 0 Å². The van der Waals surface area contributed by atoms with Crippen LogP contribution >= 0.6 is 0 Å². The van der Waals surface area contributed by atoms with Crippen molar-refractivity contribution in [3.63, 3.8) is 0 Å². The summed E-state index contributed by atoms with van der Waals surface area (Å²) in [5, 5.41) is 4.38. The van der Waals surface area contributed by atoms with E-state index in [0.29, 0.717) is 34.7 Å². The Bertz CT molecular complexity index is 1530. The Balaban J connectivity index is 0.000000213. The largest absolute Gasteiger partial charge is 0 e. The molecule has 0 unspecified atom stereocenters. The third-order valence-corrected chi connectivity index (χ3v) is 7.96. The molecule has 0 fully saturated rings. The number of hydrogen-bond acceptors (Lipinski definition) is 3. The van der Waals surface area contributed by atoms with E-state index < -0.39 is 21.7 Å². The molecule has 0 aliphatic carbocycles. The van der Waals surface area contributed by atoms with E-state index >= 15 is 0 Å². The number of hydrogen-bond donors (Lipinski definition) is 0. The number of nitrogens with zero attached hydrogens (tertiary/aromatic N) is 2. The molecule has 3 aromatic carbocycles. The Morgan fingerprint density at radius 3 is 2.21 bits per heavy atom. The average molecular weight is 779 g/mol. The molecule has 4 nitrogen and oxygen atoms in total. The molecular weight excluding hydrogens is 758 g/mol. The standard InChI is InChI=1S/C15H10F3N2.C13H11O2S.W.Y/c16-15(17,18)13-8-11-6-7-19-9-12(11)14(20-13)10-4-2-1-3-5-10;1-16(14,15)13-10-6-5-9-12(13)11-7-3-2-4-8-11;;/h1-5,8H,6-7H2;3-10H,1H3;;/q2*-1;;. The summed E-state index contributed by atoms with van der Waals surface area (Å²) < 4.78 is 63.3. The Hall–Kier alpha value is -1.83. The molecule has 0 amide bonds. The minimum Gasteiger partial charge on any atom is 0 e. The van der Waals surface area contributed by atoms with Gasteiger partial charge >= 0.3 is 130 Å². The maximum atomic E-state index is 13.1. The second kappa shape index (κ2) is 13.0. The van der Waals surface area contributed by atoms with Crippen LogP contribution in [0.1, 0.15) is 16.8 Å². The van der Waals surface area contributed by atoms with Crippen LogP contribution in [-0.2, 0) is 74.5 Å². The predicted molar refractivity (Wildman–Crippen MR) is 135 cm³/mol. The summed E-state index contributed by atoms with van der Waals surface area (Å²) in [4.78, 5) is 4.25. The second-order valence-electron chi connectivity index (χ2n) is 8.25. The Kier molecular flexibility index (Phi) is 10.5. The third kappa shape index (κ3) is 7.42. The molecule has 0 saturated carbocycles. The van der Waals surface area contributed by atoms with Crippen molar-refractivity contribution in [1.29, 1.82) is 0 Å². The molecule has 0 atom stereocenters. The number of rotatable bonds is 3. The maximum absolute atomic E-state index is 13.1. The van der Waals surface area contributed by atoms with Crippen LogP contribution in [-0.4, -0.2) is 30.2 Å². The van der Waals surface area contributed by atoms with Crippen molar-refractivity contribution >= 4 is 13.9 Å². The van der Waals surface area contributed by atoms with Crippen molar-refractivity contribution in [3.05, 3.63) is 113 Å². The van der Waals surface area contributed by atoms with Crippen molar-refractivity contribution in [2.45, 2.75) is 17.5 Å². The molecule has 0 N–H and O–H groups in total. The van der Waals surface area contributed by atoms with Gasteiger partial charge in [-0.1, -0.05) is 18.2 Å². The second-order valence-corrected chi connectivity index (χ2v) is 11.6. The first kappa shape index (κ1) is 30.7. The van der Waals surface area contributed by atoms with Crippen molar-refractivity contribution in [2.24, 2.45) is 0 Å². The zero-order valence-electron chi connectivity index (χ0n) is 20.2. The number of aromatic nitrogens is 1. The number of sulfone groups is 1. The van der Waals surface area contributed by atoms with Crippen molar-refractivity contribution in [2.75, 3.05) is 12.8 Å². The van der Waals surface area contributed by atoms with E-state index in [9.17, 15) is 21.6 Å². The molecule has 1 radical (unpaired) electrons. The van der Waals surface area contributed by atoms with Gasteiger partial charge in [-0.15, -0.1) is 5.56 Å². The Morgan fingerprint density at radius 1 is 0.947 bits per heavy atom. The van der Waals surface area contributed by atoms with E-state index in [4.69, 9.17) is 0 Å². The molecule has 2 heterocycles. The zero-order valence-corrected chi connectivity index (χ0v) is 26.8. The van der Waals surface area contributed by atoms with Gasteiger partial charge in [-0.3, -0.25) is 0 Å². The molecule has 0 spiro atoms. The van der Waals surface area contributed by atoms with E-state index in [0.717, 1.165) is 40.1 Å². The van der Waals surface area contributed by atoms with Gasteiger partial charge < -0.3 is 0 Å². The molecule has 1 aliphatic heterocycles. The zero-order chi connectivity index (χ0) is 26.6. The summed E-state index contributed by atoms with van der Waals surface area (Å²) >= 11 is 1.14. The van der Waals surface area contributed by atoms with Crippen LogP contribution in [0.3, 0.4) is 0 Å². The topological polar surface area (TPSA) is 61.1 Å². The normalized spacial score (nSPS) is 13.0. The Labute approximate surface area is 256 Å². The van der Waals surface area contributed by atoms with Gasteiger partial charge in [-0.25, -0.2) is 8.42 Å². The fraction of sp³-hybridized carbons (Fsp3) is 0.143. The van der Waals surface area contributed by atoms with E-state index in [2.05, 4.69) is 16.4 Å². The van der Waals surface area contributed by atoms with Crippen molar-refractivity contribution < 1.29 is 73.7 Å². The molecule has 0 bridgehead atoms. The molecule has 193 valence electrons. The van der Waals surface area contributed by atoms with Gasteiger partial charge in [0.15, 0.2) is 9.84 Å². The monoisotopic (exact) mass is 779 g/mol. The number of halogens is 3. The predicted octanol–water partition coefficient (Wildman–Crippen LogP) is 6.28. The maximum Gasteiger partial charge on any atom is 0 e. The summed E-state index contributed by atoms with van der Waals surface area (Å²) in [5.41, 5.74) is 3.33. The summed E-state index contributed by atoms with van der Waals surface area (Å²) in [6, 6.07) is 27.3. The van der Waals surface area contributed by atoms with Crippen LogP contribution in [0.2, 0.25) is 0 Å². The van der Waals surface area contributed by atoms with E-state index in [1.807, 2.05) is 30.3 Å². The quantitative estimate of drug-likeness (QED) is 0.231. The third-order valence-electron chi connectivity index (χ3n) is 5.60. The van der Waals surface area contributed by atoms with Crippen LogP contribution in [0.4, 0.5) is 13.2 Å². The summed E-state index contributed by atoms with van der Waals surface area (Å²) in [5.74, 6) is 0.